The van der Waals surface area contributed by atoms with Gasteiger partial charge in [-0.15, -0.1) is 11.3 Å². The third kappa shape index (κ3) is 1.99. The Morgan fingerprint density at radius 2 is 2.05 bits per heavy atom. The molecule has 19 heavy (non-hydrogen) atoms. The van der Waals surface area contributed by atoms with Crippen LogP contribution in [0.4, 0.5) is 0 Å². The lowest BCUT2D eigenvalue weighted by molar-refractivity contribution is 0.372. The monoisotopic (exact) mass is 276 g/mol. The molecule has 0 aromatic carbocycles. The summed E-state index contributed by atoms with van der Waals surface area (Å²) in [6, 6.07) is 0. The van der Waals surface area contributed by atoms with Crippen molar-refractivity contribution in [2.75, 3.05) is 0 Å². The Hall–Kier alpha value is -1.27. The van der Waals surface area contributed by atoms with Gasteiger partial charge >= 0.3 is 0 Å². The van der Waals surface area contributed by atoms with Crippen LogP contribution < -0.4 is 5.73 Å². The molecule has 0 aliphatic heterocycles. The van der Waals surface area contributed by atoms with Gasteiger partial charge in [0.25, 0.3) is 5.89 Å². The van der Waals surface area contributed by atoms with Crippen molar-refractivity contribution >= 4 is 11.3 Å². The fraction of sp³-hybridized carbons (Fsp3) is 0.615. The SMILES string of the molecule is NC1(c2noc(-c3csc(C4CC4)n3)n2)CCCC1. The van der Waals surface area contributed by atoms with Crippen molar-refractivity contribution in [1.82, 2.24) is 15.1 Å². The molecule has 0 saturated heterocycles. The van der Waals surface area contributed by atoms with Crippen LogP contribution in [-0.4, -0.2) is 15.1 Å². The highest BCUT2D eigenvalue weighted by molar-refractivity contribution is 7.10. The van der Waals surface area contributed by atoms with Gasteiger partial charge < -0.3 is 10.3 Å². The third-order valence-electron chi connectivity index (χ3n) is 4.03. The van der Waals surface area contributed by atoms with Crippen molar-refractivity contribution < 1.29 is 4.52 Å². The summed E-state index contributed by atoms with van der Waals surface area (Å²) in [5.41, 5.74) is 6.74. The zero-order chi connectivity index (χ0) is 12.9. The van der Waals surface area contributed by atoms with Gasteiger partial charge in [-0.25, -0.2) is 4.98 Å². The number of thiazole rings is 1. The summed E-state index contributed by atoms with van der Waals surface area (Å²) >= 11 is 1.69. The van der Waals surface area contributed by atoms with Crippen LogP contribution in [0, 0.1) is 0 Å². The zero-order valence-corrected chi connectivity index (χ0v) is 11.4. The van der Waals surface area contributed by atoms with Gasteiger partial charge in [-0.2, -0.15) is 4.98 Å². The molecule has 2 aliphatic carbocycles. The first kappa shape index (κ1) is 11.5. The second-order valence-corrected chi connectivity index (χ2v) is 6.52. The molecule has 0 amide bonds. The van der Waals surface area contributed by atoms with E-state index in [1.165, 1.54) is 17.8 Å². The molecule has 5 nitrogen and oxygen atoms in total. The lowest BCUT2D eigenvalue weighted by Crippen LogP contribution is -2.34. The molecule has 2 aromatic rings. The first-order valence-corrected chi connectivity index (χ1v) is 7.71. The van der Waals surface area contributed by atoms with E-state index in [9.17, 15) is 0 Å². The Morgan fingerprint density at radius 3 is 2.79 bits per heavy atom. The van der Waals surface area contributed by atoms with Crippen LogP contribution in [-0.2, 0) is 5.54 Å². The molecule has 0 spiro atoms. The van der Waals surface area contributed by atoms with E-state index in [1.54, 1.807) is 11.3 Å². The third-order valence-corrected chi connectivity index (χ3v) is 5.04. The number of hydrogen-bond acceptors (Lipinski definition) is 6. The second-order valence-electron chi connectivity index (χ2n) is 5.63. The summed E-state index contributed by atoms with van der Waals surface area (Å²) in [5.74, 6) is 1.81. The van der Waals surface area contributed by atoms with Crippen LogP contribution in [0.5, 0.6) is 0 Å². The van der Waals surface area contributed by atoms with Crippen molar-refractivity contribution in [3.63, 3.8) is 0 Å². The highest BCUT2D eigenvalue weighted by Crippen LogP contribution is 2.42. The topological polar surface area (TPSA) is 77.8 Å². The molecule has 2 heterocycles. The van der Waals surface area contributed by atoms with E-state index in [4.69, 9.17) is 10.3 Å². The van der Waals surface area contributed by atoms with Gasteiger partial charge in [0.2, 0.25) is 0 Å². The molecule has 100 valence electrons. The van der Waals surface area contributed by atoms with Crippen LogP contribution in [0.1, 0.15) is 55.3 Å². The van der Waals surface area contributed by atoms with E-state index in [1.807, 2.05) is 5.38 Å². The van der Waals surface area contributed by atoms with Gasteiger partial charge in [0.15, 0.2) is 5.82 Å². The molecule has 0 bridgehead atoms. The molecule has 4 rings (SSSR count). The first-order valence-electron chi connectivity index (χ1n) is 6.83. The highest BCUT2D eigenvalue weighted by Gasteiger charge is 2.36. The fourth-order valence-corrected chi connectivity index (χ4v) is 3.63. The van der Waals surface area contributed by atoms with Gasteiger partial charge in [0, 0.05) is 11.3 Å². The average Bonchev–Trinajstić information content (AvgIpc) is 2.89. The number of rotatable bonds is 3. The minimum Gasteiger partial charge on any atom is -0.332 e. The Morgan fingerprint density at radius 1 is 1.26 bits per heavy atom. The van der Waals surface area contributed by atoms with Crippen LogP contribution in [0.25, 0.3) is 11.6 Å². The molecule has 0 atom stereocenters. The summed E-state index contributed by atoms with van der Waals surface area (Å²) in [6.45, 7) is 0. The van der Waals surface area contributed by atoms with Crippen molar-refractivity contribution in [1.29, 1.82) is 0 Å². The molecular weight excluding hydrogens is 260 g/mol. The fourth-order valence-electron chi connectivity index (χ4n) is 2.66. The summed E-state index contributed by atoms with van der Waals surface area (Å²) in [7, 11) is 0. The molecule has 2 aromatic heterocycles. The van der Waals surface area contributed by atoms with E-state index in [2.05, 4.69) is 15.1 Å². The normalized spacial score (nSPS) is 21.9. The highest BCUT2D eigenvalue weighted by atomic mass is 32.1. The van der Waals surface area contributed by atoms with Crippen molar-refractivity contribution in [2.24, 2.45) is 5.73 Å². The maximum absolute atomic E-state index is 6.33. The largest absolute Gasteiger partial charge is 0.332 e. The molecule has 0 radical (unpaired) electrons. The van der Waals surface area contributed by atoms with E-state index < -0.39 is 5.54 Å². The molecule has 2 aliphatic rings. The Bertz CT molecular complexity index is 595. The van der Waals surface area contributed by atoms with E-state index in [0.717, 1.165) is 31.4 Å². The van der Waals surface area contributed by atoms with Crippen molar-refractivity contribution in [3.05, 3.63) is 16.2 Å². The smallest absolute Gasteiger partial charge is 0.277 e. The minimum atomic E-state index is -0.392. The first-order chi connectivity index (χ1) is 9.24. The summed E-state index contributed by atoms with van der Waals surface area (Å²) in [6.07, 6.45) is 6.68. The Kier molecular flexibility index (Phi) is 2.50. The molecule has 2 saturated carbocycles. The molecular formula is C13H16N4OS. The lowest BCUT2D eigenvalue weighted by Gasteiger charge is -2.17. The average molecular weight is 276 g/mol. The molecule has 2 N–H and O–H groups in total. The predicted molar refractivity (Wildman–Crippen MR) is 71.7 cm³/mol. The number of nitrogens with two attached hydrogens (primary N) is 1. The number of nitrogens with zero attached hydrogens (tertiary/aromatic N) is 3. The second kappa shape index (κ2) is 4.11. The van der Waals surface area contributed by atoms with Crippen LogP contribution in [0.2, 0.25) is 0 Å². The van der Waals surface area contributed by atoms with Crippen LogP contribution in [0.3, 0.4) is 0 Å². The van der Waals surface area contributed by atoms with Gasteiger partial charge in [0.1, 0.15) is 5.69 Å². The van der Waals surface area contributed by atoms with Gasteiger partial charge in [0.05, 0.1) is 10.5 Å². The number of hydrogen-bond donors (Lipinski definition) is 1. The summed E-state index contributed by atoms with van der Waals surface area (Å²) in [4.78, 5) is 9.06. The van der Waals surface area contributed by atoms with E-state index in [-0.39, 0.29) is 0 Å². The van der Waals surface area contributed by atoms with E-state index >= 15 is 0 Å². The molecule has 2 fully saturated rings. The minimum absolute atomic E-state index is 0.392. The lowest BCUT2D eigenvalue weighted by atomic mass is 9.99. The van der Waals surface area contributed by atoms with Gasteiger partial charge in [-0.1, -0.05) is 18.0 Å². The summed E-state index contributed by atoms with van der Waals surface area (Å²) in [5, 5.41) is 7.27. The van der Waals surface area contributed by atoms with Crippen molar-refractivity contribution in [2.45, 2.75) is 50.0 Å². The van der Waals surface area contributed by atoms with Crippen LogP contribution >= 0.6 is 11.3 Å². The van der Waals surface area contributed by atoms with E-state index in [0.29, 0.717) is 17.6 Å². The number of aromatic nitrogens is 3. The standard InChI is InChI=1S/C13H16N4OS/c14-13(5-1-2-6-13)12-16-10(18-17-12)9-7-19-11(15-9)8-3-4-8/h7-8H,1-6,14H2. The quantitative estimate of drug-likeness (QED) is 0.932. The Balaban J connectivity index is 1.62. The Labute approximate surface area is 115 Å². The maximum atomic E-state index is 6.33. The van der Waals surface area contributed by atoms with Crippen LogP contribution in [0.15, 0.2) is 9.90 Å². The van der Waals surface area contributed by atoms with Crippen molar-refractivity contribution in [3.8, 4) is 11.6 Å². The molecule has 0 unspecified atom stereocenters. The molecule has 6 heteroatoms. The predicted octanol–water partition coefficient (Wildman–Crippen LogP) is 2.80. The van der Waals surface area contributed by atoms with Gasteiger partial charge in [-0.05, 0) is 25.7 Å². The summed E-state index contributed by atoms with van der Waals surface area (Å²) < 4.78 is 5.34. The zero-order valence-electron chi connectivity index (χ0n) is 10.6. The maximum Gasteiger partial charge on any atom is 0.277 e. The van der Waals surface area contributed by atoms with Gasteiger partial charge in [-0.3, -0.25) is 0 Å².